The number of aliphatic imine (C=N–C) groups is 1. The number of aromatic nitrogens is 1. The molecule has 6 nitrogen and oxygen atoms in total. The van der Waals surface area contributed by atoms with Gasteiger partial charge in [-0.2, -0.15) is 0 Å². The molecule has 1 saturated heterocycles. The van der Waals surface area contributed by atoms with E-state index in [1.54, 1.807) is 0 Å². The maximum absolute atomic E-state index is 4.72. The van der Waals surface area contributed by atoms with Crippen molar-refractivity contribution in [2.24, 2.45) is 4.99 Å². The molecule has 2 aliphatic rings. The fraction of sp³-hybridized carbons (Fsp3) is 0.667. The van der Waals surface area contributed by atoms with Gasteiger partial charge in [0.25, 0.3) is 0 Å². The number of anilines is 1. The van der Waals surface area contributed by atoms with Crippen LogP contribution in [0.25, 0.3) is 0 Å². The first-order valence-corrected chi connectivity index (χ1v) is 9.25. The van der Waals surface area contributed by atoms with Gasteiger partial charge in [-0.25, -0.2) is 9.98 Å². The van der Waals surface area contributed by atoms with Crippen molar-refractivity contribution in [3.05, 3.63) is 23.9 Å². The third-order valence-corrected chi connectivity index (χ3v) is 4.64. The second-order valence-electron chi connectivity index (χ2n) is 6.56. The van der Waals surface area contributed by atoms with Gasteiger partial charge in [0, 0.05) is 45.0 Å². The molecule has 25 heavy (non-hydrogen) atoms. The smallest absolute Gasteiger partial charge is 0.191 e. The third kappa shape index (κ3) is 6.29. The van der Waals surface area contributed by atoms with Crippen molar-refractivity contribution >= 4 is 35.8 Å². The maximum atomic E-state index is 4.72. The Kier molecular flexibility index (Phi) is 8.21. The van der Waals surface area contributed by atoms with Crippen LogP contribution >= 0.6 is 24.0 Å². The molecule has 7 heteroatoms. The molecule has 2 heterocycles. The monoisotopic (exact) mass is 458 g/mol. The molecule has 0 spiro atoms. The van der Waals surface area contributed by atoms with Gasteiger partial charge in [-0.15, -0.1) is 24.0 Å². The highest BCUT2D eigenvalue weighted by molar-refractivity contribution is 14.0. The number of likely N-dealkylation sites (N-methyl/N-ethyl adjacent to an activating group) is 1. The number of pyridine rings is 1. The molecule has 1 aliphatic heterocycles. The number of hydrogen-bond acceptors (Lipinski definition) is 4. The maximum Gasteiger partial charge on any atom is 0.191 e. The van der Waals surface area contributed by atoms with Gasteiger partial charge in [-0.05, 0) is 44.0 Å². The van der Waals surface area contributed by atoms with E-state index in [2.05, 4.69) is 51.4 Å². The van der Waals surface area contributed by atoms with Crippen LogP contribution in [0.5, 0.6) is 0 Å². The van der Waals surface area contributed by atoms with E-state index in [4.69, 9.17) is 4.99 Å². The lowest BCUT2D eigenvalue weighted by molar-refractivity contribution is 0.270. The Morgan fingerprint density at radius 3 is 2.64 bits per heavy atom. The van der Waals surface area contributed by atoms with Gasteiger partial charge in [0.05, 0.1) is 6.54 Å². The van der Waals surface area contributed by atoms with Crippen LogP contribution in [0, 0.1) is 0 Å². The Bertz CT molecular complexity index is 552. The molecule has 0 radical (unpaired) electrons. The van der Waals surface area contributed by atoms with Crippen LogP contribution in [0.4, 0.5) is 5.82 Å². The molecule has 1 aliphatic carbocycles. The van der Waals surface area contributed by atoms with Gasteiger partial charge in [0.2, 0.25) is 0 Å². The predicted octanol–water partition coefficient (Wildman–Crippen LogP) is 2.06. The van der Waals surface area contributed by atoms with E-state index in [9.17, 15) is 0 Å². The Morgan fingerprint density at radius 1 is 1.24 bits per heavy atom. The van der Waals surface area contributed by atoms with Crippen LogP contribution < -0.4 is 15.5 Å². The molecule has 2 fully saturated rings. The summed E-state index contributed by atoms with van der Waals surface area (Å²) in [6.07, 6.45) is 4.43. The van der Waals surface area contributed by atoms with Crippen LogP contribution in [0.1, 0.15) is 32.3 Å². The Hall–Kier alpha value is -1.09. The summed E-state index contributed by atoms with van der Waals surface area (Å²) in [6.45, 7) is 11.4. The Morgan fingerprint density at radius 2 is 2.00 bits per heavy atom. The molecule has 0 amide bonds. The fourth-order valence-electron chi connectivity index (χ4n) is 2.94. The van der Waals surface area contributed by atoms with Crippen molar-refractivity contribution in [2.45, 2.75) is 39.3 Å². The lowest BCUT2D eigenvalue weighted by atomic mass is 10.2. The zero-order valence-corrected chi connectivity index (χ0v) is 17.7. The highest BCUT2D eigenvalue weighted by atomic mass is 127. The first-order valence-electron chi connectivity index (χ1n) is 9.25. The number of rotatable bonds is 6. The molecule has 3 rings (SSSR count). The van der Waals surface area contributed by atoms with Crippen molar-refractivity contribution in [3.8, 4) is 0 Å². The number of halogens is 1. The molecule has 1 aromatic rings. The zero-order valence-electron chi connectivity index (χ0n) is 15.4. The van der Waals surface area contributed by atoms with E-state index in [1.165, 1.54) is 18.4 Å². The molecule has 0 unspecified atom stereocenters. The van der Waals surface area contributed by atoms with Gasteiger partial charge >= 0.3 is 0 Å². The third-order valence-electron chi connectivity index (χ3n) is 4.64. The van der Waals surface area contributed by atoms with E-state index in [1.807, 2.05) is 6.20 Å². The van der Waals surface area contributed by atoms with Crippen molar-refractivity contribution in [3.63, 3.8) is 0 Å². The summed E-state index contributed by atoms with van der Waals surface area (Å²) >= 11 is 0. The molecule has 1 saturated carbocycles. The summed E-state index contributed by atoms with van der Waals surface area (Å²) in [7, 11) is 0. The van der Waals surface area contributed by atoms with E-state index < -0.39 is 0 Å². The second-order valence-corrected chi connectivity index (χ2v) is 6.56. The predicted molar refractivity (Wildman–Crippen MR) is 115 cm³/mol. The van der Waals surface area contributed by atoms with Crippen molar-refractivity contribution < 1.29 is 0 Å². The lowest BCUT2D eigenvalue weighted by Crippen LogP contribution is -2.46. The number of nitrogens with zero attached hydrogens (tertiary/aromatic N) is 4. The molecule has 0 aromatic carbocycles. The summed E-state index contributed by atoms with van der Waals surface area (Å²) in [5.41, 5.74) is 1.21. The van der Waals surface area contributed by atoms with Crippen LogP contribution in [0.2, 0.25) is 0 Å². The summed E-state index contributed by atoms with van der Waals surface area (Å²) in [5, 5.41) is 6.78. The number of nitrogens with one attached hydrogen (secondary N) is 2. The Labute approximate surface area is 168 Å². The standard InChI is InChI=1S/C18H30N6.HI/c1-3-19-18(22-16-5-6-16)21-14-15-7-8-20-17(13-15)24-11-9-23(4-2)10-12-24;/h7-8,13,16H,3-6,9-12,14H2,1-2H3,(H2,19,21,22);1H. The van der Waals surface area contributed by atoms with Crippen molar-refractivity contribution in [1.82, 2.24) is 20.5 Å². The number of piperazine rings is 1. The second kappa shape index (κ2) is 10.2. The highest BCUT2D eigenvalue weighted by Crippen LogP contribution is 2.19. The van der Waals surface area contributed by atoms with E-state index in [0.29, 0.717) is 12.6 Å². The minimum atomic E-state index is 0. The topological polar surface area (TPSA) is 55.8 Å². The summed E-state index contributed by atoms with van der Waals surface area (Å²) < 4.78 is 0. The molecule has 0 atom stereocenters. The minimum Gasteiger partial charge on any atom is -0.357 e. The Balaban J connectivity index is 0.00000225. The summed E-state index contributed by atoms with van der Waals surface area (Å²) in [6, 6.07) is 4.87. The van der Waals surface area contributed by atoms with Crippen LogP contribution in [-0.2, 0) is 6.54 Å². The molecule has 2 N–H and O–H groups in total. The van der Waals surface area contributed by atoms with E-state index in [0.717, 1.165) is 51.0 Å². The fourth-order valence-corrected chi connectivity index (χ4v) is 2.94. The normalized spacial score (nSPS) is 18.6. The SMILES string of the molecule is CCNC(=NCc1ccnc(N2CCN(CC)CC2)c1)NC1CC1.I. The van der Waals surface area contributed by atoms with E-state index >= 15 is 0 Å². The molecule has 1 aromatic heterocycles. The van der Waals surface area contributed by atoms with Gasteiger partial charge in [0.15, 0.2) is 5.96 Å². The summed E-state index contributed by atoms with van der Waals surface area (Å²) in [4.78, 5) is 14.1. The van der Waals surface area contributed by atoms with Gasteiger partial charge < -0.3 is 20.4 Å². The van der Waals surface area contributed by atoms with Crippen LogP contribution in [0.3, 0.4) is 0 Å². The van der Waals surface area contributed by atoms with Gasteiger partial charge in [0.1, 0.15) is 5.82 Å². The first-order chi connectivity index (χ1) is 11.8. The molecular weight excluding hydrogens is 427 g/mol. The van der Waals surface area contributed by atoms with Gasteiger partial charge in [-0.1, -0.05) is 6.92 Å². The minimum absolute atomic E-state index is 0. The quantitative estimate of drug-likeness (QED) is 0.389. The average Bonchev–Trinajstić information content (AvgIpc) is 3.44. The zero-order chi connectivity index (χ0) is 16.8. The van der Waals surface area contributed by atoms with Gasteiger partial charge in [-0.3, -0.25) is 0 Å². The average molecular weight is 458 g/mol. The van der Waals surface area contributed by atoms with Crippen molar-refractivity contribution in [1.29, 1.82) is 0 Å². The number of guanidine groups is 1. The first kappa shape index (κ1) is 20.2. The highest BCUT2D eigenvalue weighted by Gasteiger charge is 2.22. The molecule has 0 bridgehead atoms. The molecule has 140 valence electrons. The van der Waals surface area contributed by atoms with Crippen LogP contribution in [-0.4, -0.2) is 61.2 Å². The lowest BCUT2D eigenvalue weighted by Gasteiger charge is -2.34. The largest absolute Gasteiger partial charge is 0.357 e. The van der Waals surface area contributed by atoms with Crippen LogP contribution in [0.15, 0.2) is 23.3 Å². The summed E-state index contributed by atoms with van der Waals surface area (Å²) in [5.74, 6) is 2.01. The molecular formula is C18H31IN6. The van der Waals surface area contributed by atoms with E-state index in [-0.39, 0.29) is 24.0 Å². The van der Waals surface area contributed by atoms with Crippen molar-refractivity contribution in [2.75, 3.05) is 44.2 Å². The number of hydrogen-bond donors (Lipinski definition) is 2.